The van der Waals surface area contributed by atoms with E-state index in [0.29, 0.717) is 13.0 Å². The molecule has 92 valence electrons. The first-order chi connectivity index (χ1) is 7.26. The van der Waals surface area contributed by atoms with Gasteiger partial charge in [0.05, 0.1) is 18.6 Å². The number of carboxylic acids is 1. The van der Waals surface area contributed by atoms with E-state index in [-0.39, 0.29) is 17.9 Å². The molecule has 1 N–H and O–H groups in total. The number of amides is 1. The van der Waals surface area contributed by atoms with Crippen molar-refractivity contribution >= 4 is 11.9 Å². The molecule has 0 bridgehead atoms. The zero-order valence-electron chi connectivity index (χ0n) is 10.2. The second-order valence-corrected chi connectivity index (χ2v) is 4.84. The number of likely N-dealkylation sites (N-methyl/N-ethyl adjacent to an activating group) is 1. The highest BCUT2D eigenvalue weighted by molar-refractivity contribution is 5.87. The molecule has 1 heterocycles. The van der Waals surface area contributed by atoms with E-state index in [1.807, 2.05) is 6.92 Å². The van der Waals surface area contributed by atoms with Crippen LogP contribution in [0.3, 0.4) is 0 Å². The molecule has 0 radical (unpaired) electrons. The van der Waals surface area contributed by atoms with Crippen LogP contribution in [0.2, 0.25) is 0 Å². The smallest absolute Gasteiger partial charge is 0.329 e. The molecule has 1 aliphatic heterocycles. The zero-order chi connectivity index (χ0) is 12.5. The van der Waals surface area contributed by atoms with Crippen LogP contribution in [0, 0.1) is 5.92 Å². The first-order valence-electron chi connectivity index (χ1n) is 5.39. The molecule has 5 heteroatoms. The van der Waals surface area contributed by atoms with Gasteiger partial charge < -0.3 is 14.7 Å². The SMILES string of the molecule is CC1CC(C(=O)N(C)C(C)(C)C(=O)O)CO1. The number of carbonyl (C=O) groups is 2. The quantitative estimate of drug-likeness (QED) is 0.774. The van der Waals surface area contributed by atoms with Gasteiger partial charge in [-0.1, -0.05) is 0 Å². The number of hydrogen-bond acceptors (Lipinski definition) is 3. The molecule has 0 aromatic carbocycles. The van der Waals surface area contributed by atoms with E-state index in [4.69, 9.17) is 9.84 Å². The Kier molecular flexibility index (Phi) is 3.57. The molecule has 1 saturated heterocycles. The molecular weight excluding hydrogens is 210 g/mol. The summed E-state index contributed by atoms with van der Waals surface area (Å²) in [6.45, 7) is 5.34. The number of ether oxygens (including phenoxy) is 1. The number of carboxylic acid groups (broad SMARTS) is 1. The zero-order valence-corrected chi connectivity index (χ0v) is 10.2. The summed E-state index contributed by atoms with van der Waals surface area (Å²) >= 11 is 0. The fraction of sp³-hybridized carbons (Fsp3) is 0.818. The molecular formula is C11H19NO4. The van der Waals surface area contributed by atoms with Gasteiger partial charge in [0.25, 0.3) is 0 Å². The predicted molar refractivity (Wildman–Crippen MR) is 58.0 cm³/mol. The van der Waals surface area contributed by atoms with Crippen LogP contribution in [0.5, 0.6) is 0 Å². The van der Waals surface area contributed by atoms with Crippen molar-refractivity contribution in [1.29, 1.82) is 0 Å². The molecule has 1 rings (SSSR count). The van der Waals surface area contributed by atoms with Crippen molar-refractivity contribution in [1.82, 2.24) is 4.90 Å². The monoisotopic (exact) mass is 229 g/mol. The molecule has 0 aliphatic carbocycles. The van der Waals surface area contributed by atoms with Gasteiger partial charge in [0.15, 0.2) is 0 Å². The Hall–Kier alpha value is -1.10. The maximum absolute atomic E-state index is 12.0. The highest BCUT2D eigenvalue weighted by atomic mass is 16.5. The summed E-state index contributed by atoms with van der Waals surface area (Å²) in [5, 5.41) is 9.03. The number of nitrogens with zero attached hydrogens (tertiary/aromatic N) is 1. The summed E-state index contributed by atoms with van der Waals surface area (Å²) < 4.78 is 5.31. The van der Waals surface area contributed by atoms with Gasteiger partial charge in [-0.15, -0.1) is 0 Å². The molecule has 16 heavy (non-hydrogen) atoms. The van der Waals surface area contributed by atoms with Crippen LogP contribution in [-0.4, -0.2) is 47.2 Å². The molecule has 0 spiro atoms. The second kappa shape index (κ2) is 4.41. The van der Waals surface area contributed by atoms with E-state index in [2.05, 4.69) is 0 Å². The molecule has 1 fully saturated rings. The van der Waals surface area contributed by atoms with Gasteiger partial charge in [-0.3, -0.25) is 4.79 Å². The summed E-state index contributed by atoms with van der Waals surface area (Å²) in [5.74, 6) is -1.37. The van der Waals surface area contributed by atoms with Crippen LogP contribution < -0.4 is 0 Å². The van der Waals surface area contributed by atoms with Crippen molar-refractivity contribution < 1.29 is 19.4 Å². The molecule has 5 nitrogen and oxygen atoms in total. The molecule has 2 unspecified atom stereocenters. The summed E-state index contributed by atoms with van der Waals surface area (Å²) in [7, 11) is 1.53. The van der Waals surface area contributed by atoms with Crippen LogP contribution in [0.15, 0.2) is 0 Å². The van der Waals surface area contributed by atoms with Gasteiger partial charge >= 0.3 is 5.97 Å². The number of carbonyl (C=O) groups excluding carboxylic acids is 1. The minimum atomic E-state index is -1.18. The van der Waals surface area contributed by atoms with Gasteiger partial charge in [-0.25, -0.2) is 4.79 Å². The maximum Gasteiger partial charge on any atom is 0.329 e. The number of aliphatic carboxylic acids is 1. The molecule has 1 aliphatic rings. The van der Waals surface area contributed by atoms with E-state index in [1.165, 1.54) is 25.8 Å². The Bertz CT molecular complexity index is 300. The average molecular weight is 229 g/mol. The molecule has 0 aromatic rings. The van der Waals surface area contributed by atoms with Crippen molar-refractivity contribution in [2.75, 3.05) is 13.7 Å². The minimum Gasteiger partial charge on any atom is -0.480 e. The third kappa shape index (κ3) is 2.35. The average Bonchev–Trinajstić information content (AvgIpc) is 2.62. The summed E-state index contributed by atoms with van der Waals surface area (Å²) in [6, 6.07) is 0. The predicted octanol–water partition coefficient (Wildman–Crippen LogP) is 0.733. The van der Waals surface area contributed by atoms with E-state index < -0.39 is 11.5 Å². The minimum absolute atomic E-state index is 0.0790. The number of hydrogen-bond donors (Lipinski definition) is 1. The van der Waals surface area contributed by atoms with E-state index in [0.717, 1.165) is 0 Å². The first-order valence-corrected chi connectivity index (χ1v) is 5.39. The van der Waals surface area contributed by atoms with Gasteiger partial charge in [0.2, 0.25) is 5.91 Å². The lowest BCUT2D eigenvalue weighted by Crippen LogP contribution is -2.52. The van der Waals surface area contributed by atoms with Gasteiger partial charge in [-0.05, 0) is 27.2 Å². The van der Waals surface area contributed by atoms with Crippen LogP contribution in [0.1, 0.15) is 27.2 Å². The molecule has 2 atom stereocenters. The van der Waals surface area contributed by atoms with Crippen molar-refractivity contribution in [2.24, 2.45) is 5.92 Å². The fourth-order valence-electron chi connectivity index (χ4n) is 1.68. The standard InChI is InChI=1S/C11H19NO4/c1-7-5-8(6-16-7)9(13)12(4)11(2,3)10(14)15/h7-8H,5-6H2,1-4H3,(H,14,15). The molecule has 0 aromatic heterocycles. The Morgan fingerprint density at radius 3 is 2.38 bits per heavy atom. The second-order valence-electron chi connectivity index (χ2n) is 4.84. The Balaban J connectivity index is 2.71. The lowest BCUT2D eigenvalue weighted by molar-refractivity contribution is -0.157. The van der Waals surface area contributed by atoms with Crippen molar-refractivity contribution in [3.8, 4) is 0 Å². The Morgan fingerprint density at radius 1 is 1.44 bits per heavy atom. The van der Waals surface area contributed by atoms with Crippen LogP contribution >= 0.6 is 0 Å². The summed E-state index contributed by atoms with van der Waals surface area (Å²) in [5.41, 5.74) is -1.18. The number of rotatable bonds is 3. The van der Waals surface area contributed by atoms with Crippen molar-refractivity contribution in [2.45, 2.75) is 38.8 Å². The summed E-state index contributed by atoms with van der Waals surface area (Å²) in [6.07, 6.45) is 0.745. The third-order valence-electron chi connectivity index (χ3n) is 3.24. The third-order valence-corrected chi connectivity index (χ3v) is 3.24. The molecule has 0 saturated carbocycles. The van der Waals surface area contributed by atoms with Crippen LogP contribution in [0.25, 0.3) is 0 Å². The highest BCUT2D eigenvalue weighted by Gasteiger charge is 2.39. The largest absolute Gasteiger partial charge is 0.480 e. The van der Waals surface area contributed by atoms with Gasteiger partial charge in [-0.2, -0.15) is 0 Å². The first kappa shape index (κ1) is 13.0. The van der Waals surface area contributed by atoms with Crippen LogP contribution in [0.4, 0.5) is 0 Å². The van der Waals surface area contributed by atoms with E-state index in [1.54, 1.807) is 0 Å². The van der Waals surface area contributed by atoms with Crippen molar-refractivity contribution in [3.63, 3.8) is 0 Å². The summed E-state index contributed by atoms with van der Waals surface area (Å²) in [4.78, 5) is 24.3. The molecule has 1 amide bonds. The lowest BCUT2D eigenvalue weighted by atomic mass is 9.99. The highest BCUT2D eigenvalue weighted by Crippen LogP contribution is 2.24. The topological polar surface area (TPSA) is 66.8 Å². The van der Waals surface area contributed by atoms with Crippen molar-refractivity contribution in [3.05, 3.63) is 0 Å². The Labute approximate surface area is 95.4 Å². The fourth-order valence-corrected chi connectivity index (χ4v) is 1.68. The normalized spacial score (nSPS) is 25.5. The lowest BCUT2D eigenvalue weighted by Gasteiger charge is -2.33. The van der Waals surface area contributed by atoms with Gasteiger partial charge in [0.1, 0.15) is 5.54 Å². The maximum atomic E-state index is 12.0. The van der Waals surface area contributed by atoms with Crippen LogP contribution in [-0.2, 0) is 14.3 Å². The van der Waals surface area contributed by atoms with E-state index >= 15 is 0 Å². The van der Waals surface area contributed by atoms with E-state index in [9.17, 15) is 9.59 Å². The van der Waals surface area contributed by atoms with Gasteiger partial charge in [0, 0.05) is 7.05 Å². The Morgan fingerprint density at radius 2 is 2.00 bits per heavy atom.